The smallest absolute Gasteiger partial charge is 0.174 e. The van der Waals surface area contributed by atoms with Crippen molar-refractivity contribution in [3.05, 3.63) is 18.3 Å². The lowest BCUT2D eigenvalue weighted by Gasteiger charge is -2.34. The number of thiocarbonyl (C=S) groups is 1. The molecule has 0 amide bonds. The van der Waals surface area contributed by atoms with Crippen LogP contribution in [-0.2, 0) is 0 Å². The lowest BCUT2D eigenvalue weighted by molar-refractivity contribution is 0.140. The fourth-order valence-corrected chi connectivity index (χ4v) is 3.48. The minimum absolute atomic E-state index is 0.586. The summed E-state index contributed by atoms with van der Waals surface area (Å²) in [6.45, 7) is 9.12. The van der Waals surface area contributed by atoms with Gasteiger partial charge in [0.2, 0.25) is 0 Å². The van der Waals surface area contributed by atoms with Crippen LogP contribution in [0.2, 0.25) is 0 Å². The number of piperidine rings is 1. The fraction of sp³-hybridized carbons (Fsp3) is 0.647. The van der Waals surface area contributed by atoms with Gasteiger partial charge in [0.25, 0.3) is 0 Å². The zero-order valence-corrected chi connectivity index (χ0v) is 15.2. The molecule has 23 heavy (non-hydrogen) atoms. The Morgan fingerprint density at radius 2 is 2.13 bits per heavy atom. The number of pyridine rings is 1. The van der Waals surface area contributed by atoms with Gasteiger partial charge in [-0.2, -0.15) is 0 Å². The van der Waals surface area contributed by atoms with E-state index in [9.17, 15) is 0 Å². The molecule has 2 N–H and O–H groups in total. The highest BCUT2D eigenvalue weighted by molar-refractivity contribution is 7.80. The summed E-state index contributed by atoms with van der Waals surface area (Å²) in [4.78, 5) is 6.80. The maximum absolute atomic E-state index is 5.32. The summed E-state index contributed by atoms with van der Waals surface area (Å²) in [5.41, 5.74) is 0. The molecular weight excluding hydrogens is 308 g/mol. The van der Waals surface area contributed by atoms with Crippen molar-refractivity contribution in [2.45, 2.75) is 26.7 Å². The van der Waals surface area contributed by atoms with Crippen LogP contribution in [0, 0.1) is 11.8 Å². The highest BCUT2D eigenvalue weighted by Crippen LogP contribution is 2.21. The largest absolute Gasteiger partial charge is 0.493 e. The van der Waals surface area contributed by atoms with Crippen molar-refractivity contribution in [2.24, 2.45) is 11.8 Å². The highest BCUT2D eigenvalue weighted by atomic mass is 32.1. The van der Waals surface area contributed by atoms with Gasteiger partial charge in [-0.1, -0.05) is 13.8 Å². The van der Waals surface area contributed by atoms with Crippen LogP contribution >= 0.6 is 12.2 Å². The maximum atomic E-state index is 5.32. The standard InChI is InChI=1S/C17H28N4OS/c1-13-10-14(2)12-21(11-13)9-5-8-19-17(23)20-16-15(22-3)6-4-7-18-16/h4,6-7,13-14H,5,8-12H2,1-3H3,(H2,18,19,20,23). The second-order valence-corrected chi connectivity index (χ2v) is 6.90. The summed E-state index contributed by atoms with van der Waals surface area (Å²) in [7, 11) is 1.62. The van der Waals surface area contributed by atoms with Crippen LogP contribution in [0.4, 0.5) is 5.82 Å². The van der Waals surface area contributed by atoms with E-state index in [1.807, 2.05) is 12.1 Å². The van der Waals surface area contributed by atoms with Gasteiger partial charge in [0.1, 0.15) is 0 Å². The van der Waals surface area contributed by atoms with E-state index in [0.29, 0.717) is 16.7 Å². The fourth-order valence-electron chi connectivity index (χ4n) is 3.28. The Morgan fingerprint density at radius 1 is 1.39 bits per heavy atom. The molecule has 1 aliphatic heterocycles. The van der Waals surface area contributed by atoms with Crippen molar-refractivity contribution < 1.29 is 4.74 Å². The van der Waals surface area contributed by atoms with Gasteiger partial charge in [0, 0.05) is 25.8 Å². The molecule has 0 saturated carbocycles. The molecule has 1 fully saturated rings. The first-order valence-corrected chi connectivity index (χ1v) is 8.75. The van der Waals surface area contributed by atoms with Crippen molar-refractivity contribution in [3.63, 3.8) is 0 Å². The third kappa shape index (κ3) is 5.95. The van der Waals surface area contributed by atoms with E-state index in [1.54, 1.807) is 13.3 Å². The Kier molecular flexibility index (Phi) is 7.05. The van der Waals surface area contributed by atoms with Crippen LogP contribution in [0.5, 0.6) is 5.75 Å². The minimum Gasteiger partial charge on any atom is -0.493 e. The van der Waals surface area contributed by atoms with E-state index in [1.165, 1.54) is 19.5 Å². The molecule has 1 saturated heterocycles. The molecule has 2 unspecified atom stereocenters. The molecule has 2 heterocycles. The normalized spacial score (nSPS) is 21.7. The monoisotopic (exact) mass is 336 g/mol. The van der Waals surface area contributed by atoms with E-state index in [-0.39, 0.29) is 0 Å². The maximum Gasteiger partial charge on any atom is 0.174 e. The van der Waals surface area contributed by atoms with Crippen LogP contribution in [0.15, 0.2) is 18.3 Å². The quantitative estimate of drug-likeness (QED) is 0.615. The van der Waals surface area contributed by atoms with Gasteiger partial charge in [0.15, 0.2) is 16.7 Å². The first-order chi connectivity index (χ1) is 11.1. The van der Waals surface area contributed by atoms with E-state index < -0.39 is 0 Å². The topological polar surface area (TPSA) is 49.4 Å². The van der Waals surface area contributed by atoms with Gasteiger partial charge in [-0.05, 0) is 55.6 Å². The lowest BCUT2D eigenvalue weighted by atomic mass is 9.92. The Bertz CT molecular complexity index is 501. The summed E-state index contributed by atoms with van der Waals surface area (Å²) >= 11 is 5.32. The van der Waals surface area contributed by atoms with Gasteiger partial charge in [-0.15, -0.1) is 0 Å². The second kappa shape index (κ2) is 9.03. The number of nitrogens with one attached hydrogen (secondary N) is 2. The Labute approximate surface area is 144 Å². The molecule has 6 heteroatoms. The van der Waals surface area contributed by atoms with Crippen molar-refractivity contribution in [3.8, 4) is 5.75 Å². The molecule has 0 bridgehead atoms. The number of rotatable bonds is 6. The molecule has 0 aromatic carbocycles. The molecule has 1 aromatic heterocycles. The number of methoxy groups -OCH3 is 1. The Morgan fingerprint density at radius 3 is 2.83 bits per heavy atom. The van der Waals surface area contributed by atoms with Crippen molar-refractivity contribution in [1.82, 2.24) is 15.2 Å². The van der Waals surface area contributed by atoms with Crippen molar-refractivity contribution in [1.29, 1.82) is 0 Å². The summed E-state index contributed by atoms with van der Waals surface area (Å²) in [5, 5.41) is 6.91. The average molecular weight is 337 g/mol. The molecule has 0 spiro atoms. The number of hydrogen-bond donors (Lipinski definition) is 2. The summed E-state index contributed by atoms with van der Waals surface area (Å²) in [5.74, 6) is 2.95. The number of likely N-dealkylation sites (tertiary alicyclic amines) is 1. The number of anilines is 1. The van der Waals surface area contributed by atoms with E-state index in [0.717, 1.165) is 31.3 Å². The molecule has 0 aliphatic carbocycles. The first kappa shape index (κ1) is 17.9. The predicted molar refractivity (Wildman–Crippen MR) is 99.0 cm³/mol. The second-order valence-electron chi connectivity index (χ2n) is 6.49. The first-order valence-electron chi connectivity index (χ1n) is 8.34. The van der Waals surface area contributed by atoms with Gasteiger partial charge in [-0.3, -0.25) is 0 Å². The molecule has 5 nitrogen and oxygen atoms in total. The van der Waals surface area contributed by atoms with Crippen LogP contribution in [0.3, 0.4) is 0 Å². The van der Waals surface area contributed by atoms with Gasteiger partial charge < -0.3 is 20.3 Å². The SMILES string of the molecule is COc1cccnc1NC(=S)NCCCN1CC(C)CC(C)C1. The molecule has 128 valence electrons. The van der Waals surface area contributed by atoms with Crippen molar-refractivity contribution >= 4 is 23.1 Å². The van der Waals surface area contributed by atoms with E-state index in [2.05, 4.69) is 34.4 Å². The lowest BCUT2D eigenvalue weighted by Crippen LogP contribution is -2.40. The third-order valence-electron chi connectivity index (χ3n) is 4.10. The molecule has 1 aromatic rings. The Hall–Kier alpha value is -1.40. The van der Waals surface area contributed by atoms with Gasteiger partial charge >= 0.3 is 0 Å². The highest BCUT2D eigenvalue weighted by Gasteiger charge is 2.20. The number of nitrogens with zero attached hydrogens (tertiary/aromatic N) is 2. The Balaban J connectivity index is 1.67. The molecule has 2 atom stereocenters. The van der Waals surface area contributed by atoms with Crippen LogP contribution in [-0.4, -0.2) is 48.3 Å². The summed E-state index contributed by atoms with van der Waals surface area (Å²) in [6.07, 6.45) is 4.15. The number of ether oxygens (including phenoxy) is 1. The van der Waals surface area contributed by atoms with Crippen LogP contribution in [0.1, 0.15) is 26.7 Å². The molecule has 0 radical (unpaired) electrons. The van der Waals surface area contributed by atoms with Gasteiger partial charge in [-0.25, -0.2) is 4.98 Å². The molecule has 2 rings (SSSR count). The zero-order chi connectivity index (χ0) is 16.7. The third-order valence-corrected chi connectivity index (χ3v) is 4.35. The van der Waals surface area contributed by atoms with Crippen molar-refractivity contribution in [2.75, 3.05) is 38.6 Å². The van der Waals surface area contributed by atoms with Crippen LogP contribution < -0.4 is 15.4 Å². The average Bonchev–Trinajstić information content (AvgIpc) is 2.51. The van der Waals surface area contributed by atoms with Gasteiger partial charge in [0.05, 0.1) is 7.11 Å². The zero-order valence-electron chi connectivity index (χ0n) is 14.3. The van der Waals surface area contributed by atoms with E-state index >= 15 is 0 Å². The van der Waals surface area contributed by atoms with Crippen LogP contribution in [0.25, 0.3) is 0 Å². The minimum atomic E-state index is 0.586. The summed E-state index contributed by atoms with van der Waals surface area (Å²) < 4.78 is 5.25. The summed E-state index contributed by atoms with van der Waals surface area (Å²) in [6, 6.07) is 3.69. The molecule has 1 aliphatic rings. The van der Waals surface area contributed by atoms with E-state index in [4.69, 9.17) is 17.0 Å². The number of hydrogen-bond acceptors (Lipinski definition) is 4. The number of aromatic nitrogens is 1. The predicted octanol–water partition coefficient (Wildman–Crippen LogP) is 2.74. The molecular formula is C17H28N4OS.